The molecule has 116 valence electrons. The third kappa shape index (κ3) is 4.61. The lowest BCUT2D eigenvalue weighted by molar-refractivity contribution is -0.116. The Kier molecular flexibility index (Phi) is 5.41. The van der Waals surface area contributed by atoms with E-state index >= 15 is 0 Å². The van der Waals surface area contributed by atoms with Crippen LogP contribution in [-0.2, 0) is 4.79 Å². The summed E-state index contributed by atoms with van der Waals surface area (Å²) in [6, 6.07) is 5.71. The molecule has 0 saturated heterocycles. The average Bonchev–Trinajstić information content (AvgIpc) is 3.30. The van der Waals surface area contributed by atoms with Crippen molar-refractivity contribution in [1.29, 1.82) is 0 Å². The number of nitrogens with zero attached hydrogens (tertiary/aromatic N) is 1. The van der Waals surface area contributed by atoms with Crippen LogP contribution in [0.25, 0.3) is 0 Å². The van der Waals surface area contributed by atoms with E-state index in [2.05, 4.69) is 10.2 Å². The van der Waals surface area contributed by atoms with Crippen molar-refractivity contribution < 1.29 is 14.6 Å². The van der Waals surface area contributed by atoms with E-state index in [9.17, 15) is 4.79 Å². The molecule has 1 aliphatic carbocycles. The van der Waals surface area contributed by atoms with Gasteiger partial charge in [-0.15, -0.1) is 0 Å². The highest BCUT2D eigenvalue weighted by Crippen LogP contribution is 2.27. The van der Waals surface area contributed by atoms with Crippen LogP contribution in [0.2, 0.25) is 0 Å². The number of nitrogens with two attached hydrogens (primary N) is 1. The van der Waals surface area contributed by atoms with Crippen molar-refractivity contribution in [3.63, 3.8) is 0 Å². The number of benzene rings is 1. The number of nitrogens with one attached hydrogen (secondary N) is 1. The first-order valence-electron chi connectivity index (χ1n) is 7.22. The van der Waals surface area contributed by atoms with E-state index in [1.54, 1.807) is 25.3 Å². The molecule has 0 radical (unpaired) electrons. The lowest BCUT2D eigenvalue weighted by Crippen LogP contribution is -2.32. The molecule has 0 heterocycles. The molecule has 6 nitrogen and oxygen atoms in total. The topological polar surface area (TPSA) is 87.8 Å². The van der Waals surface area contributed by atoms with Crippen LogP contribution in [0.15, 0.2) is 18.2 Å². The number of carbonyl (C=O) groups is 1. The Bertz CT molecular complexity index is 489. The molecule has 21 heavy (non-hydrogen) atoms. The molecule has 1 amide bonds. The molecular formula is C15H23N3O3. The lowest BCUT2D eigenvalue weighted by atomic mass is 10.2. The predicted octanol–water partition coefficient (Wildman–Crippen LogP) is 1.06. The number of methoxy groups -OCH3 is 1. The molecule has 6 heteroatoms. The van der Waals surface area contributed by atoms with Gasteiger partial charge in [0.2, 0.25) is 5.91 Å². The molecule has 1 fully saturated rings. The van der Waals surface area contributed by atoms with Crippen molar-refractivity contribution in [2.45, 2.75) is 25.3 Å². The second-order valence-corrected chi connectivity index (χ2v) is 5.24. The van der Waals surface area contributed by atoms with Crippen molar-refractivity contribution in [3.05, 3.63) is 18.2 Å². The number of carbonyl (C=O) groups excluding carboxylic acids is 1. The van der Waals surface area contributed by atoms with E-state index in [0.717, 1.165) is 12.8 Å². The van der Waals surface area contributed by atoms with Crippen LogP contribution >= 0.6 is 0 Å². The maximum atomic E-state index is 12.0. The maximum Gasteiger partial charge on any atom is 0.225 e. The summed E-state index contributed by atoms with van der Waals surface area (Å²) in [5, 5.41) is 11.8. The summed E-state index contributed by atoms with van der Waals surface area (Å²) in [7, 11) is 1.57. The van der Waals surface area contributed by atoms with Crippen LogP contribution in [-0.4, -0.2) is 48.8 Å². The van der Waals surface area contributed by atoms with Crippen molar-refractivity contribution in [1.82, 2.24) is 4.90 Å². The van der Waals surface area contributed by atoms with Gasteiger partial charge < -0.3 is 20.9 Å². The van der Waals surface area contributed by atoms with Gasteiger partial charge in [-0.25, -0.2) is 0 Å². The zero-order valence-corrected chi connectivity index (χ0v) is 12.3. The van der Waals surface area contributed by atoms with E-state index in [-0.39, 0.29) is 12.5 Å². The van der Waals surface area contributed by atoms with E-state index in [0.29, 0.717) is 42.7 Å². The Balaban J connectivity index is 1.83. The molecule has 1 aromatic carbocycles. The third-order valence-corrected chi connectivity index (χ3v) is 3.61. The fraction of sp³-hybridized carbons (Fsp3) is 0.533. The van der Waals surface area contributed by atoms with Crippen molar-refractivity contribution >= 4 is 17.3 Å². The molecule has 0 aliphatic heterocycles. The number of amides is 1. The summed E-state index contributed by atoms with van der Waals surface area (Å²) in [4.78, 5) is 14.1. The fourth-order valence-electron chi connectivity index (χ4n) is 2.28. The minimum absolute atomic E-state index is 0.0737. The Labute approximate surface area is 124 Å². The normalized spacial score (nSPS) is 14.2. The highest BCUT2D eigenvalue weighted by atomic mass is 16.5. The average molecular weight is 293 g/mol. The minimum Gasteiger partial charge on any atom is -0.497 e. The predicted molar refractivity (Wildman–Crippen MR) is 82.3 cm³/mol. The summed E-state index contributed by atoms with van der Waals surface area (Å²) in [6.07, 6.45) is 2.71. The number of rotatable bonds is 8. The zero-order valence-electron chi connectivity index (χ0n) is 12.3. The molecule has 0 aromatic heterocycles. The lowest BCUT2D eigenvalue weighted by Gasteiger charge is -2.20. The number of anilines is 2. The van der Waals surface area contributed by atoms with Gasteiger partial charge in [0.1, 0.15) is 5.75 Å². The summed E-state index contributed by atoms with van der Waals surface area (Å²) in [5.74, 6) is 0.587. The van der Waals surface area contributed by atoms with E-state index in [4.69, 9.17) is 15.6 Å². The SMILES string of the molecule is COc1ccc(NC(=O)CCN(CCO)C2CC2)c(N)c1. The quantitative estimate of drug-likeness (QED) is 0.624. The number of ether oxygens (including phenoxy) is 1. The van der Waals surface area contributed by atoms with Crippen LogP contribution in [0.1, 0.15) is 19.3 Å². The number of aliphatic hydroxyl groups is 1. The maximum absolute atomic E-state index is 12.0. The first-order chi connectivity index (χ1) is 10.1. The fourth-order valence-corrected chi connectivity index (χ4v) is 2.28. The molecular weight excluding hydrogens is 270 g/mol. The number of aliphatic hydroxyl groups excluding tert-OH is 1. The van der Waals surface area contributed by atoms with Gasteiger partial charge in [-0.05, 0) is 25.0 Å². The monoisotopic (exact) mass is 293 g/mol. The molecule has 0 spiro atoms. The summed E-state index contributed by atoms with van der Waals surface area (Å²) in [6.45, 7) is 1.42. The summed E-state index contributed by atoms with van der Waals surface area (Å²) < 4.78 is 5.07. The molecule has 0 unspecified atom stereocenters. The Morgan fingerprint density at radius 2 is 2.24 bits per heavy atom. The molecule has 4 N–H and O–H groups in total. The number of hydrogen-bond donors (Lipinski definition) is 3. The van der Waals surface area contributed by atoms with Crippen molar-refractivity contribution in [2.75, 3.05) is 37.9 Å². The standard InChI is InChI=1S/C15H23N3O3/c1-21-12-4-5-14(13(16)10-12)17-15(20)6-7-18(8-9-19)11-2-3-11/h4-5,10-11,19H,2-3,6-9,16H2,1H3,(H,17,20). The van der Waals surface area contributed by atoms with Crippen molar-refractivity contribution in [3.8, 4) is 5.75 Å². The molecule has 2 rings (SSSR count). The molecule has 1 saturated carbocycles. The van der Waals surface area contributed by atoms with Gasteiger partial charge in [0.15, 0.2) is 0 Å². The van der Waals surface area contributed by atoms with Gasteiger partial charge in [-0.2, -0.15) is 0 Å². The minimum atomic E-state index is -0.0737. The van der Waals surface area contributed by atoms with Crippen LogP contribution in [0, 0.1) is 0 Å². The van der Waals surface area contributed by atoms with Gasteiger partial charge in [0, 0.05) is 31.6 Å². The first-order valence-corrected chi connectivity index (χ1v) is 7.22. The Morgan fingerprint density at radius 1 is 1.48 bits per heavy atom. The van der Waals surface area contributed by atoms with Crippen LogP contribution in [0.5, 0.6) is 5.75 Å². The second-order valence-electron chi connectivity index (χ2n) is 5.24. The van der Waals surface area contributed by atoms with E-state index in [1.165, 1.54) is 0 Å². The first kappa shape index (κ1) is 15.6. The highest BCUT2D eigenvalue weighted by Gasteiger charge is 2.28. The zero-order chi connectivity index (χ0) is 15.2. The van der Waals surface area contributed by atoms with Gasteiger partial charge in [-0.3, -0.25) is 9.69 Å². The Morgan fingerprint density at radius 3 is 2.81 bits per heavy atom. The highest BCUT2D eigenvalue weighted by molar-refractivity contribution is 5.94. The van der Waals surface area contributed by atoms with Crippen molar-refractivity contribution in [2.24, 2.45) is 0 Å². The number of nitrogen functional groups attached to an aromatic ring is 1. The van der Waals surface area contributed by atoms with Gasteiger partial charge in [-0.1, -0.05) is 0 Å². The van der Waals surface area contributed by atoms with Gasteiger partial charge in [0.25, 0.3) is 0 Å². The summed E-state index contributed by atoms with van der Waals surface area (Å²) in [5.41, 5.74) is 6.95. The van der Waals surface area contributed by atoms with E-state index in [1.807, 2.05) is 0 Å². The van der Waals surface area contributed by atoms with Crippen LogP contribution in [0.3, 0.4) is 0 Å². The number of hydrogen-bond acceptors (Lipinski definition) is 5. The van der Waals surface area contributed by atoms with Gasteiger partial charge in [0.05, 0.1) is 25.1 Å². The van der Waals surface area contributed by atoms with Gasteiger partial charge >= 0.3 is 0 Å². The Hall–Kier alpha value is -1.79. The smallest absolute Gasteiger partial charge is 0.225 e. The van der Waals surface area contributed by atoms with Crippen LogP contribution in [0.4, 0.5) is 11.4 Å². The molecule has 0 bridgehead atoms. The van der Waals surface area contributed by atoms with E-state index < -0.39 is 0 Å². The summed E-state index contributed by atoms with van der Waals surface area (Å²) >= 11 is 0. The molecule has 0 atom stereocenters. The third-order valence-electron chi connectivity index (χ3n) is 3.61. The largest absolute Gasteiger partial charge is 0.497 e. The molecule has 1 aromatic rings. The van der Waals surface area contributed by atoms with Crippen LogP contribution < -0.4 is 15.8 Å². The second kappa shape index (κ2) is 7.28. The molecule has 1 aliphatic rings.